The zero-order chi connectivity index (χ0) is 17.2. The number of piperidine rings is 2. The van der Waals surface area contributed by atoms with Crippen LogP contribution in [0.5, 0.6) is 0 Å². The minimum Gasteiger partial charge on any atom is -0.369 e. The lowest BCUT2D eigenvalue weighted by atomic mass is 9.93. The average molecular weight is 339 g/mol. The summed E-state index contributed by atoms with van der Waals surface area (Å²) in [7, 11) is 0. The molecular weight excluding hydrogens is 314 g/mol. The molecule has 0 radical (unpaired) electrons. The highest BCUT2D eigenvalue weighted by atomic mass is 16.2. The molecule has 0 N–H and O–H groups in total. The van der Waals surface area contributed by atoms with Crippen LogP contribution < -0.4 is 4.90 Å². The topological polar surface area (TPSA) is 62.2 Å². The van der Waals surface area contributed by atoms with Crippen molar-refractivity contribution in [3.63, 3.8) is 0 Å². The first-order valence-corrected chi connectivity index (χ1v) is 9.31. The maximum absolute atomic E-state index is 12.9. The maximum atomic E-state index is 12.9. The first kappa shape index (κ1) is 16.2. The van der Waals surface area contributed by atoms with E-state index in [1.807, 2.05) is 12.3 Å². The van der Waals surface area contributed by atoms with Crippen LogP contribution in [-0.2, 0) is 4.79 Å². The summed E-state index contributed by atoms with van der Waals surface area (Å²) in [6.07, 6.45) is 9.60. The van der Waals surface area contributed by atoms with Crippen molar-refractivity contribution in [2.45, 2.75) is 32.6 Å². The second kappa shape index (κ2) is 6.94. The summed E-state index contributed by atoms with van der Waals surface area (Å²) in [6.45, 7) is 5.83. The molecule has 6 heteroatoms. The number of carbonyl (C=O) groups is 1. The summed E-state index contributed by atoms with van der Waals surface area (Å²) < 4.78 is 0. The first-order chi connectivity index (χ1) is 12.2. The predicted octanol–water partition coefficient (Wildman–Crippen LogP) is 2.50. The minimum atomic E-state index is 0.0941. The highest BCUT2D eigenvalue weighted by Gasteiger charge is 2.31. The summed E-state index contributed by atoms with van der Waals surface area (Å²) in [6, 6.07) is 2.03. The number of carbonyl (C=O) groups excluding carboxylic acids is 1. The van der Waals surface area contributed by atoms with E-state index in [0.29, 0.717) is 17.5 Å². The van der Waals surface area contributed by atoms with Crippen molar-refractivity contribution < 1.29 is 4.79 Å². The molecule has 2 aromatic rings. The number of rotatable bonds is 2. The SMILES string of the molecule is C[C@H]1CCCN(C(=O)[C@H]2CCCN(c3cnc4nccnc4c3)C2)C1. The number of amides is 1. The van der Waals surface area contributed by atoms with Gasteiger partial charge in [0, 0.05) is 38.6 Å². The monoisotopic (exact) mass is 339 g/mol. The molecule has 0 unspecified atom stereocenters. The van der Waals surface area contributed by atoms with E-state index in [-0.39, 0.29) is 5.92 Å². The van der Waals surface area contributed by atoms with Gasteiger partial charge in [-0.3, -0.25) is 9.78 Å². The standard InChI is InChI=1S/C19H25N5O/c1-14-4-2-9-24(12-14)19(25)15-5-3-8-23(13-15)16-10-17-18(22-11-16)21-7-6-20-17/h6-7,10-11,14-15H,2-5,8-9,12-13H2,1H3/t14-,15-/m0/s1. The van der Waals surface area contributed by atoms with Gasteiger partial charge < -0.3 is 9.80 Å². The molecule has 2 aliphatic rings. The van der Waals surface area contributed by atoms with E-state index in [9.17, 15) is 4.79 Å². The Bertz CT molecular complexity index is 764. The number of aromatic nitrogens is 3. The van der Waals surface area contributed by atoms with Gasteiger partial charge in [-0.15, -0.1) is 0 Å². The smallest absolute Gasteiger partial charge is 0.227 e. The molecule has 2 aliphatic heterocycles. The van der Waals surface area contributed by atoms with Gasteiger partial charge in [-0.25, -0.2) is 9.97 Å². The number of likely N-dealkylation sites (tertiary alicyclic amines) is 1. The Balaban J connectivity index is 1.49. The molecule has 25 heavy (non-hydrogen) atoms. The third-order valence-electron chi connectivity index (χ3n) is 5.41. The van der Waals surface area contributed by atoms with E-state index >= 15 is 0 Å². The highest BCUT2D eigenvalue weighted by Crippen LogP contribution is 2.27. The summed E-state index contributed by atoms with van der Waals surface area (Å²) in [5, 5.41) is 0. The third-order valence-corrected chi connectivity index (χ3v) is 5.41. The molecule has 2 atom stereocenters. The number of anilines is 1. The molecular formula is C19H25N5O. The quantitative estimate of drug-likeness (QED) is 0.841. The van der Waals surface area contributed by atoms with Gasteiger partial charge >= 0.3 is 0 Å². The van der Waals surface area contributed by atoms with Crippen LogP contribution in [0.1, 0.15) is 32.6 Å². The van der Waals surface area contributed by atoms with E-state index in [1.54, 1.807) is 12.4 Å². The Labute approximate surface area is 148 Å². The molecule has 132 valence electrons. The largest absolute Gasteiger partial charge is 0.369 e. The molecule has 2 saturated heterocycles. The lowest BCUT2D eigenvalue weighted by Gasteiger charge is -2.38. The van der Waals surface area contributed by atoms with Crippen molar-refractivity contribution in [3.8, 4) is 0 Å². The summed E-state index contributed by atoms with van der Waals surface area (Å²) in [4.78, 5) is 30.3. The normalized spacial score (nSPS) is 24.5. The van der Waals surface area contributed by atoms with Gasteiger partial charge in [0.1, 0.15) is 5.52 Å². The van der Waals surface area contributed by atoms with Crippen LogP contribution in [0.25, 0.3) is 11.2 Å². The van der Waals surface area contributed by atoms with Crippen molar-refractivity contribution >= 4 is 22.8 Å². The third kappa shape index (κ3) is 3.43. The van der Waals surface area contributed by atoms with Crippen LogP contribution in [0.4, 0.5) is 5.69 Å². The minimum absolute atomic E-state index is 0.0941. The molecule has 0 aromatic carbocycles. The molecule has 0 bridgehead atoms. The van der Waals surface area contributed by atoms with Crippen LogP contribution in [0, 0.1) is 11.8 Å². The van der Waals surface area contributed by atoms with Crippen LogP contribution in [0.15, 0.2) is 24.7 Å². The molecule has 0 spiro atoms. The second-order valence-electron chi connectivity index (χ2n) is 7.41. The van der Waals surface area contributed by atoms with Gasteiger partial charge in [-0.05, 0) is 37.7 Å². The van der Waals surface area contributed by atoms with E-state index in [1.165, 1.54) is 6.42 Å². The second-order valence-corrected chi connectivity index (χ2v) is 7.41. The first-order valence-electron chi connectivity index (χ1n) is 9.31. The van der Waals surface area contributed by atoms with Gasteiger partial charge in [0.15, 0.2) is 5.65 Å². The number of hydrogen-bond acceptors (Lipinski definition) is 5. The van der Waals surface area contributed by atoms with E-state index < -0.39 is 0 Å². The summed E-state index contributed by atoms with van der Waals surface area (Å²) in [5.41, 5.74) is 2.51. The zero-order valence-electron chi connectivity index (χ0n) is 14.8. The van der Waals surface area contributed by atoms with Crippen molar-refractivity contribution in [1.82, 2.24) is 19.9 Å². The fraction of sp³-hybridized carbons (Fsp3) is 0.579. The lowest BCUT2D eigenvalue weighted by Crippen LogP contribution is -2.47. The van der Waals surface area contributed by atoms with Gasteiger partial charge in [-0.1, -0.05) is 6.92 Å². The fourth-order valence-electron chi connectivity index (χ4n) is 4.08. The van der Waals surface area contributed by atoms with Crippen molar-refractivity contribution in [2.75, 3.05) is 31.1 Å². The van der Waals surface area contributed by atoms with Crippen LogP contribution in [0.3, 0.4) is 0 Å². The maximum Gasteiger partial charge on any atom is 0.227 e. The van der Waals surface area contributed by atoms with Crippen molar-refractivity contribution in [3.05, 3.63) is 24.7 Å². The number of fused-ring (bicyclic) bond motifs is 1. The number of pyridine rings is 1. The van der Waals surface area contributed by atoms with Gasteiger partial charge in [0.2, 0.25) is 5.91 Å². The average Bonchev–Trinajstić information content (AvgIpc) is 2.67. The Morgan fingerprint density at radius 2 is 1.92 bits per heavy atom. The predicted molar refractivity (Wildman–Crippen MR) is 97.2 cm³/mol. The Morgan fingerprint density at radius 3 is 2.80 bits per heavy atom. The van der Waals surface area contributed by atoms with E-state index in [0.717, 1.165) is 56.6 Å². The van der Waals surface area contributed by atoms with Crippen molar-refractivity contribution in [1.29, 1.82) is 0 Å². The molecule has 1 amide bonds. The molecule has 4 rings (SSSR count). The van der Waals surface area contributed by atoms with Crippen molar-refractivity contribution in [2.24, 2.45) is 11.8 Å². The molecule has 6 nitrogen and oxygen atoms in total. The Kier molecular flexibility index (Phi) is 4.51. The van der Waals surface area contributed by atoms with Gasteiger partial charge in [0.05, 0.1) is 17.8 Å². The Hall–Kier alpha value is -2.24. The lowest BCUT2D eigenvalue weighted by molar-refractivity contribution is -0.137. The number of nitrogens with zero attached hydrogens (tertiary/aromatic N) is 5. The van der Waals surface area contributed by atoms with Gasteiger partial charge in [0.25, 0.3) is 0 Å². The van der Waals surface area contributed by atoms with Crippen LogP contribution in [-0.4, -0.2) is 51.9 Å². The fourth-order valence-corrected chi connectivity index (χ4v) is 4.08. The van der Waals surface area contributed by atoms with E-state index in [2.05, 4.69) is 31.7 Å². The highest BCUT2D eigenvalue weighted by molar-refractivity contribution is 5.80. The summed E-state index contributed by atoms with van der Waals surface area (Å²) in [5.74, 6) is 1.06. The zero-order valence-corrected chi connectivity index (χ0v) is 14.8. The van der Waals surface area contributed by atoms with E-state index in [4.69, 9.17) is 0 Å². The Morgan fingerprint density at radius 1 is 1.08 bits per heavy atom. The van der Waals surface area contributed by atoms with Gasteiger partial charge in [-0.2, -0.15) is 0 Å². The number of hydrogen-bond donors (Lipinski definition) is 0. The summed E-state index contributed by atoms with van der Waals surface area (Å²) >= 11 is 0. The van der Waals surface area contributed by atoms with Crippen LogP contribution in [0.2, 0.25) is 0 Å². The molecule has 0 aliphatic carbocycles. The van der Waals surface area contributed by atoms with Crippen LogP contribution >= 0.6 is 0 Å². The molecule has 4 heterocycles. The molecule has 2 fully saturated rings. The molecule has 0 saturated carbocycles. The molecule has 2 aromatic heterocycles.